The van der Waals surface area contributed by atoms with Crippen LogP contribution in [0.5, 0.6) is 0 Å². The number of carbonyl (C=O) groups is 4. The summed E-state index contributed by atoms with van der Waals surface area (Å²) in [4.78, 5) is 49.9. The highest BCUT2D eigenvalue weighted by Gasteiger charge is 2.35. The van der Waals surface area contributed by atoms with Gasteiger partial charge >= 0.3 is 5.97 Å². The van der Waals surface area contributed by atoms with Gasteiger partial charge in [-0.2, -0.15) is 0 Å². The lowest BCUT2D eigenvalue weighted by molar-refractivity contribution is -0.145. The number of nitrogens with zero attached hydrogens (tertiary/aromatic N) is 1. The maximum atomic E-state index is 12.4. The van der Waals surface area contributed by atoms with Gasteiger partial charge in [-0.1, -0.05) is 25.5 Å². The molecule has 0 spiro atoms. The first-order valence-corrected chi connectivity index (χ1v) is 9.08. The molecule has 27 heavy (non-hydrogen) atoms. The molecule has 1 aliphatic rings. The number of rotatable bonds is 8. The minimum absolute atomic E-state index is 0.109. The smallest absolute Gasteiger partial charge is 0.328 e. The first-order valence-electron chi connectivity index (χ1n) is 9.08. The maximum absolute atomic E-state index is 12.4. The maximum Gasteiger partial charge on any atom is 0.328 e. The summed E-state index contributed by atoms with van der Waals surface area (Å²) in [7, 11) is 1.28. The highest BCUT2D eigenvalue weighted by atomic mass is 16.5. The van der Waals surface area contributed by atoms with Crippen molar-refractivity contribution in [3.63, 3.8) is 0 Å². The zero-order valence-electron chi connectivity index (χ0n) is 16.2. The number of carbonyl (C=O) groups excluding carboxylic acids is 4. The molecule has 1 N–H and O–H groups in total. The van der Waals surface area contributed by atoms with Crippen molar-refractivity contribution >= 4 is 23.7 Å². The largest absolute Gasteiger partial charge is 0.467 e. The number of hydrogen-bond donors (Lipinski definition) is 1. The van der Waals surface area contributed by atoms with Crippen molar-refractivity contribution in [2.75, 3.05) is 13.7 Å². The second-order valence-electron chi connectivity index (χ2n) is 7.19. The van der Waals surface area contributed by atoms with E-state index >= 15 is 0 Å². The predicted molar refractivity (Wildman–Crippen MR) is 99.2 cm³/mol. The second-order valence-corrected chi connectivity index (χ2v) is 7.19. The third-order valence-electron chi connectivity index (χ3n) is 4.44. The quantitative estimate of drug-likeness (QED) is 0.555. The van der Waals surface area contributed by atoms with Gasteiger partial charge in [-0.05, 0) is 37.8 Å². The van der Waals surface area contributed by atoms with Crippen molar-refractivity contribution in [2.24, 2.45) is 5.92 Å². The van der Waals surface area contributed by atoms with Crippen LogP contribution < -0.4 is 5.32 Å². The molecule has 146 valence electrons. The van der Waals surface area contributed by atoms with E-state index in [4.69, 9.17) is 4.74 Å². The number of hydrogen-bond acceptors (Lipinski definition) is 5. The number of nitrogens with one attached hydrogen (secondary N) is 1. The van der Waals surface area contributed by atoms with Crippen LogP contribution in [-0.4, -0.2) is 48.3 Å². The van der Waals surface area contributed by atoms with Crippen molar-refractivity contribution in [1.82, 2.24) is 10.2 Å². The summed E-state index contributed by atoms with van der Waals surface area (Å²) >= 11 is 0. The van der Waals surface area contributed by atoms with Crippen LogP contribution in [0.15, 0.2) is 18.2 Å². The molecular weight excluding hydrogens is 348 g/mol. The number of methoxy groups -OCH3 is 1. The summed E-state index contributed by atoms with van der Waals surface area (Å²) in [6.45, 7) is 5.92. The SMILES string of the molecule is COC(=O)C(CC(C)C)NC(=O)CCCN1C(=O)c2ccc(C)cc2C1=O. The summed E-state index contributed by atoms with van der Waals surface area (Å²) < 4.78 is 4.72. The molecule has 0 fully saturated rings. The van der Waals surface area contributed by atoms with Crippen molar-refractivity contribution in [1.29, 1.82) is 0 Å². The highest BCUT2D eigenvalue weighted by molar-refractivity contribution is 6.21. The lowest BCUT2D eigenvalue weighted by atomic mass is 10.0. The Hall–Kier alpha value is -2.70. The molecule has 7 heteroatoms. The summed E-state index contributed by atoms with van der Waals surface area (Å²) in [5.41, 5.74) is 1.72. The van der Waals surface area contributed by atoms with Crippen molar-refractivity contribution < 1.29 is 23.9 Å². The van der Waals surface area contributed by atoms with E-state index < -0.39 is 12.0 Å². The monoisotopic (exact) mass is 374 g/mol. The lowest BCUT2D eigenvalue weighted by Crippen LogP contribution is -2.42. The van der Waals surface area contributed by atoms with Crippen molar-refractivity contribution in [3.05, 3.63) is 34.9 Å². The predicted octanol–water partition coefficient (Wildman–Crippen LogP) is 2.08. The number of esters is 1. The molecule has 0 saturated carbocycles. The second kappa shape index (κ2) is 8.79. The number of imide groups is 1. The zero-order chi connectivity index (χ0) is 20.1. The first-order chi connectivity index (χ1) is 12.7. The van der Waals surface area contributed by atoms with E-state index in [2.05, 4.69) is 5.32 Å². The summed E-state index contributed by atoms with van der Waals surface area (Å²) in [5.74, 6) is -1.23. The average Bonchev–Trinajstić information content (AvgIpc) is 2.84. The summed E-state index contributed by atoms with van der Waals surface area (Å²) in [6.07, 6.45) is 0.917. The fourth-order valence-electron chi connectivity index (χ4n) is 3.10. The summed E-state index contributed by atoms with van der Waals surface area (Å²) in [5, 5.41) is 2.67. The average molecular weight is 374 g/mol. The number of benzene rings is 1. The Bertz CT molecular complexity index is 757. The molecule has 1 unspecified atom stereocenters. The Labute approximate surface area is 159 Å². The molecule has 1 aliphatic heterocycles. The Morgan fingerprint density at radius 1 is 1.15 bits per heavy atom. The molecule has 2 rings (SSSR count). The third-order valence-corrected chi connectivity index (χ3v) is 4.44. The molecule has 0 bridgehead atoms. The minimum Gasteiger partial charge on any atom is -0.467 e. The van der Waals surface area contributed by atoms with Crippen molar-refractivity contribution in [2.45, 2.75) is 46.1 Å². The van der Waals surface area contributed by atoms with E-state index in [1.807, 2.05) is 20.8 Å². The van der Waals surface area contributed by atoms with Crippen LogP contribution >= 0.6 is 0 Å². The Kier molecular flexibility index (Phi) is 6.71. The van der Waals surface area contributed by atoms with Gasteiger partial charge in [0.25, 0.3) is 11.8 Å². The van der Waals surface area contributed by atoms with E-state index in [-0.39, 0.29) is 36.6 Å². The zero-order valence-corrected chi connectivity index (χ0v) is 16.2. The van der Waals surface area contributed by atoms with Crippen LogP contribution in [0.4, 0.5) is 0 Å². The number of amides is 3. The van der Waals surface area contributed by atoms with Crippen LogP contribution in [0.25, 0.3) is 0 Å². The van der Waals surface area contributed by atoms with E-state index in [0.29, 0.717) is 24.0 Å². The van der Waals surface area contributed by atoms with Gasteiger partial charge in [0, 0.05) is 13.0 Å². The molecule has 1 atom stereocenters. The molecule has 1 aromatic rings. The van der Waals surface area contributed by atoms with Crippen LogP contribution in [0.1, 0.15) is 59.4 Å². The van der Waals surface area contributed by atoms with Crippen LogP contribution in [0.3, 0.4) is 0 Å². The van der Waals surface area contributed by atoms with Crippen LogP contribution in [0, 0.1) is 12.8 Å². The lowest BCUT2D eigenvalue weighted by Gasteiger charge is -2.19. The fraction of sp³-hybridized carbons (Fsp3) is 0.500. The van der Waals surface area contributed by atoms with E-state index in [1.54, 1.807) is 18.2 Å². The Morgan fingerprint density at radius 2 is 1.81 bits per heavy atom. The topological polar surface area (TPSA) is 92.8 Å². The first kappa shape index (κ1) is 20.6. The van der Waals surface area contributed by atoms with Gasteiger partial charge < -0.3 is 10.1 Å². The number of ether oxygens (including phenoxy) is 1. The van der Waals surface area contributed by atoms with Gasteiger partial charge in [-0.25, -0.2) is 4.79 Å². The van der Waals surface area contributed by atoms with E-state index in [9.17, 15) is 19.2 Å². The normalized spacial score (nSPS) is 14.3. The molecule has 0 aliphatic carbocycles. The molecular formula is C20H26N2O5. The third kappa shape index (κ3) is 4.93. The van der Waals surface area contributed by atoms with Gasteiger partial charge in [0.15, 0.2) is 0 Å². The van der Waals surface area contributed by atoms with Crippen LogP contribution in [0.2, 0.25) is 0 Å². The molecule has 7 nitrogen and oxygen atoms in total. The minimum atomic E-state index is -0.690. The van der Waals surface area contributed by atoms with E-state index in [0.717, 1.165) is 5.56 Å². The molecule has 3 amide bonds. The highest BCUT2D eigenvalue weighted by Crippen LogP contribution is 2.24. The number of fused-ring (bicyclic) bond motifs is 1. The standard InChI is InChI=1S/C20H26N2O5/c1-12(2)10-16(20(26)27-4)21-17(23)6-5-9-22-18(24)14-8-7-13(3)11-15(14)19(22)25/h7-8,11-12,16H,5-6,9-10H2,1-4H3,(H,21,23). The Balaban J connectivity index is 1.89. The fourth-order valence-corrected chi connectivity index (χ4v) is 3.10. The van der Waals surface area contributed by atoms with Gasteiger partial charge in [-0.3, -0.25) is 19.3 Å². The molecule has 0 saturated heterocycles. The van der Waals surface area contributed by atoms with Gasteiger partial charge in [0.2, 0.25) is 5.91 Å². The van der Waals surface area contributed by atoms with E-state index in [1.165, 1.54) is 12.0 Å². The van der Waals surface area contributed by atoms with Gasteiger partial charge in [-0.15, -0.1) is 0 Å². The molecule has 0 radical (unpaired) electrons. The van der Waals surface area contributed by atoms with Gasteiger partial charge in [0.1, 0.15) is 6.04 Å². The Morgan fingerprint density at radius 3 is 2.44 bits per heavy atom. The van der Waals surface area contributed by atoms with Crippen molar-refractivity contribution in [3.8, 4) is 0 Å². The molecule has 1 heterocycles. The number of aryl methyl sites for hydroxylation is 1. The van der Waals surface area contributed by atoms with Gasteiger partial charge in [0.05, 0.1) is 18.2 Å². The summed E-state index contributed by atoms with van der Waals surface area (Å²) in [6, 6.07) is 4.47. The molecule has 0 aromatic heterocycles. The molecule has 1 aromatic carbocycles. The van der Waals surface area contributed by atoms with Crippen LogP contribution in [-0.2, 0) is 14.3 Å².